The second-order valence-electron chi connectivity index (χ2n) is 5.37. The third-order valence-electron chi connectivity index (χ3n) is 4.14. The number of carbonyl (C=O) groups is 1. The predicted octanol–water partition coefficient (Wildman–Crippen LogP) is 2.51. The lowest BCUT2D eigenvalue weighted by atomic mass is 9.83. The normalized spacial score (nSPS) is 24.1. The summed E-state index contributed by atoms with van der Waals surface area (Å²) in [6.45, 7) is 0.671. The Kier molecular flexibility index (Phi) is 3.87. The maximum Gasteiger partial charge on any atom is 0.217 e. The summed E-state index contributed by atoms with van der Waals surface area (Å²) in [5, 5.41) is 0. The summed E-state index contributed by atoms with van der Waals surface area (Å²) in [4.78, 5) is 14.8. The lowest BCUT2D eigenvalue weighted by Gasteiger charge is -2.37. The molecule has 3 heteroatoms. The van der Waals surface area contributed by atoms with Gasteiger partial charge in [-0.2, -0.15) is 0 Å². The van der Waals surface area contributed by atoms with Crippen LogP contribution < -0.4 is 0 Å². The van der Waals surface area contributed by atoms with Gasteiger partial charge in [-0.1, -0.05) is 25.7 Å². The van der Waals surface area contributed by atoms with E-state index in [1.165, 1.54) is 12.8 Å². The Bertz CT molecular complexity index is 312. The number of likely N-dealkylation sites (N-methyl/N-ethyl adjacent to an activating group) is 1. The summed E-state index contributed by atoms with van der Waals surface area (Å²) in [7, 11) is 4.05. The van der Waals surface area contributed by atoms with Crippen LogP contribution in [0.2, 0.25) is 0 Å². The molecule has 0 aromatic carbocycles. The maximum atomic E-state index is 12.7. The number of nitrogens with zero attached hydrogens (tertiary/aromatic N) is 1. The zero-order valence-corrected chi connectivity index (χ0v) is 11.0. The quantitative estimate of drug-likeness (QED) is 0.706. The van der Waals surface area contributed by atoms with E-state index in [4.69, 9.17) is 4.74 Å². The standard InChI is InChI=1S/C14H23NO2/c1-15(2)14(9-5-3-4-6-10-14)13(16)12-8-7-11-17-12/h8H,3-7,9-11H2,1-2H3. The van der Waals surface area contributed by atoms with Crippen molar-refractivity contribution in [2.75, 3.05) is 20.7 Å². The summed E-state index contributed by atoms with van der Waals surface area (Å²) in [6.07, 6.45) is 9.59. The summed E-state index contributed by atoms with van der Waals surface area (Å²) in [5.74, 6) is 0.822. The Hall–Kier alpha value is -0.830. The summed E-state index contributed by atoms with van der Waals surface area (Å²) in [5.41, 5.74) is -0.313. The van der Waals surface area contributed by atoms with E-state index in [2.05, 4.69) is 4.90 Å². The van der Waals surface area contributed by atoms with E-state index in [0.29, 0.717) is 12.4 Å². The minimum atomic E-state index is -0.313. The molecule has 0 aromatic heterocycles. The van der Waals surface area contributed by atoms with E-state index >= 15 is 0 Å². The molecular weight excluding hydrogens is 214 g/mol. The molecule has 2 aliphatic rings. The van der Waals surface area contributed by atoms with Crippen molar-refractivity contribution in [1.82, 2.24) is 4.90 Å². The van der Waals surface area contributed by atoms with Gasteiger partial charge in [0, 0.05) is 6.42 Å². The topological polar surface area (TPSA) is 29.5 Å². The molecular formula is C14H23NO2. The van der Waals surface area contributed by atoms with Gasteiger partial charge in [-0.25, -0.2) is 0 Å². The number of hydrogen-bond acceptors (Lipinski definition) is 3. The SMILES string of the molecule is CN(C)C1(C(=O)C2=CCCO2)CCCCCC1. The Balaban J connectivity index is 2.22. The Labute approximate surface area is 104 Å². The molecule has 1 saturated carbocycles. The van der Waals surface area contributed by atoms with Gasteiger partial charge in [-0.15, -0.1) is 0 Å². The van der Waals surface area contributed by atoms with E-state index in [-0.39, 0.29) is 11.3 Å². The van der Waals surface area contributed by atoms with Gasteiger partial charge >= 0.3 is 0 Å². The van der Waals surface area contributed by atoms with Gasteiger partial charge in [0.2, 0.25) is 5.78 Å². The Morgan fingerprint density at radius 3 is 2.35 bits per heavy atom. The molecule has 3 nitrogen and oxygen atoms in total. The zero-order valence-electron chi connectivity index (χ0n) is 11.0. The molecule has 0 radical (unpaired) electrons. The zero-order chi connectivity index (χ0) is 12.3. The van der Waals surface area contributed by atoms with Crippen LogP contribution in [0.1, 0.15) is 44.9 Å². The van der Waals surface area contributed by atoms with Crippen LogP contribution >= 0.6 is 0 Å². The van der Waals surface area contributed by atoms with Crippen molar-refractivity contribution in [2.45, 2.75) is 50.5 Å². The highest BCUT2D eigenvalue weighted by Gasteiger charge is 2.43. The van der Waals surface area contributed by atoms with Crippen molar-refractivity contribution in [3.8, 4) is 0 Å². The Morgan fingerprint density at radius 1 is 1.24 bits per heavy atom. The van der Waals surface area contributed by atoms with Crippen molar-refractivity contribution in [1.29, 1.82) is 0 Å². The van der Waals surface area contributed by atoms with Crippen molar-refractivity contribution in [3.05, 3.63) is 11.8 Å². The molecule has 1 aliphatic carbocycles. The van der Waals surface area contributed by atoms with Crippen LogP contribution in [0.3, 0.4) is 0 Å². The molecule has 0 amide bonds. The molecule has 1 aliphatic heterocycles. The number of hydrogen-bond donors (Lipinski definition) is 0. The first kappa shape index (κ1) is 12.6. The molecule has 0 bridgehead atoms. The molecule has 17 heavy (non-hydrogen) atoms. The molecule has 2 rings (SSSR count). The third kappa shape index (κ3) is 2.39. The number of carbonyl (C=O) groups excluding carboxylic acids is 1. The fourth-order valence-corrected chi connectivity index (χ4v) is 3.00. The minimum Gasteiger partial charge on any atom is -0.490 e. The summed E-state index contributed by atoms with van der Waals surface area (Å²) in [6, 6.07) is 0. The number of ether oxygens (including phenoxy) is 1. The maximum absolute atomic E-state index is 12.7. The number of rotatable bonds is 3. The van der Waals surface area contributed by atoms with Crippen LogP contribution in [0, 0.1) is 0 Å². The van der Waals surface area contributed by atoms with Crippen LogP contribution in [0.25, 0.3) is 0 Å². The van der Waals surface area contributed by atoms with E-state index in [1.807, 2.05) is 20.2 Å². The molecule has 1 fully saturated rings. The van der Waals surface area contributed by atoms with E-state index in [0.717, 1.165) is 32.1 Å². The first-order valence-electron chi connectivity index (χ1n) is 6.72. The minimum absolute atomic E-state index is 0.210. The van der Waals surface area contributed by atoms with E-state index in [1.54, 1.807) is 0 Å². The van der Waals surface area contributed by atoms with Crippen LogP contribution in [-0.2, 0) is 9.53 Å². The average Bonchev–Trinajstić information content (AvgIpc) is 2.72. The van der Waals surface area contributed by atoms with Crippen molar-refractivity contribution in [2.24, 2.45) is 0 Å². The second kappa shape index (κ2) is 5.21. The fraction of sp³-hybridized carbons (Fsp3) is 0.786. The molecule has 96 valence electrons. The van der Waals surface area contributed by atoms with E-state index < -0.39 is 0 Å². The number of Topliss-reactive ketones (excluding diaryl/α,β-unsaturated/α-hetero) is 1. The molecule has 0 unspecified atom stereocenters. The molecule has 0 saturated heterocycles. The van der Waals surface area contributed by atoms with Crippen molar-refractivity contribution in [3.63, 3.8) is 0 Å². The van der Waals surface area contributed by atoms with Crippen LogP contribution in [0.4, 0.5) is 0 Å². The highest BCUT2D eigenvalue weighted by molar-refractivity contribution is 6.01. The largest absolute Gasteiger partial charge is 0.490 e. The van der Waals surface area contributed by atoms with Gasteiger partial charge in [-0.05, 0) is 33.0 Å². The highest BCUT2D eigenvalue weighted by Crippen LogP contribution is 2.34. The second-order valence-corrected chi connectivity index (χ2v) is 5.37. The summed E-state index contributed by atoms with van der Waals surface area (Å²) < 4.78 is 5.47. The van der Waals surface area contributed by atoms with Gasteiger partial charge in [-0.3, -0.25) is 9.69 Å². The molecule has 0 spiro atoms. The lowest BCUT2D eigenvalue weighted by Crippen LogP contribution is -2.51. The fourth-order valence-electron chi connectivity index (χ4n) is 3.00. The third-order valence-corrected chi connectivity index (χ3v) is 4.14. The van der Waals surface area contributed by atoms with Gasteiger partial charge in [0.05, 0.1) is 12.1 Å². The van der Waals surface area contributed by atoms with Crippen molar-refractivity contribution < 1.29 is 9.53 Å². The molecule has 0 N–H and O–H groups in total. The first-order chi connectivity index (χ1) is 8.17. The van der Waals surface area contributed by atoms with Crippen LogP contribution in [-0.4, -0.2) is 36.9 Å². The number of ketones is 1. The van der Waals surface area contributed by atoms with Gasteiger partial charge in [0.1, 0.15) is 0 Å². The predicted molar refractivity (Wildman–Crippen MR) is 67.8 cm³/mol. The average molecular weight is 237 g/mol. The Morgan fingerprint density at radius 2 is 1.88 bits per heavy atom. The van der Waals surface area contributed by atoms with Crippen LogP contribution in [0.15, 0.2) is 11.8 Å². The van der Waals surface area contributed by atoms with Crippen molar-refractivity contribution >= 4 is 5.78 Å². The molecule has 1 heterocycles. The summed E-state index contributed by atoms with van der Waals surface area (Å²) >= 11 is 0. The van der Waals surface area contributed by atoms with Gasteiger partial charge in [0.25, 0.3) is 0 Å². The monoisotopic (exact) mass is 237 g/mol. The first-order valence-corrected chi connectivity index (χ1v) is 6.72. The van der Waals surface area contributed by atoms with Gasteiger partial charge in [0.15, 0.2) is 5.76 Å². The molecule has 0 atom stereocenters. The smallest absolute Gasteiger partial charge is 0.217 e. The lowest BCUT2D eigenvalue weighted by molar-refractivity contribution is -0.130. The van der Waals surface area contributed by atoms with Gasteiger partial charge < -0.3 is 4.74 Å². The molecule has 0 aromatic rings. The highest BCUT2D eigenvalue weighted by atomic mass is 16.5. The van der Waals surface area contributed by atoms with E-state index in [9.17, 15) is 4.79 Å². The van der Waals surface area contributed by atoms with Crippen LogP contribution in [0.5, 0.6) is 0 Å².